The number of nitrogens with one attached hydrogen (secondary N) is 1. The van der Waals surface area contributed by atoms with Crippen LogP contribution in [0.5, 0.6) is 0 Å². The van der Waals surface area contributed by atoms with Gasteiger partial charge in [-0.25, -0.2) is 0 Å². The molecule has 0 heterocycles. The van der Waals surface area contributed by atoms with Crippen molar-refractivity contribution in [3.05, 3.63) is 65.7 Å². The molecule has 5 heteroatoms. The van der Waals surface area contributed by atoms with Crippen LogP contribution in [0.2, 0.25) is 0 Å². The molecule has 126 valence electrons. The molecular formula is C19H22N2O2S. The number of primary amides is 1. The molecule has 0 bridgehead atoms. The molecule has 2 aromatic carbocycles. The van der Waals surface area contributed by atoms with Crippen LogP contribution in [0.3, 0.4) is 0 Å². The van der Waals surface area contributed by atoms with Crippen LogP contribution < -0.4 is 11.1 Å². The minimum absolute atomic E-state index is 0.128. The molecule has 4 nitrogen and oxygen atoms in total. The molecule has 3 N–H and O–H groups in total. The number of amides is 2. The Labute approximate surface area is 146 Å². The lowest BCUT2D eigenvalue weighted by atomic mass is 9.96. The van der Waals surface area contributed by atoms with Crippen LogP contribution in [0.4, 0.5) is 0 Å². The number of hydrogen-bond acceptors (Lipinski definition) is 3. The fourth-order valence-corrected chi connectivity index (χ4v) is 3.25. The summed E-state index contributed by atoms with van der Waals surface area (Å²) in [5, 5.41) is 3.01. The van der Waals surface area contributed by atoms with Crippen molar-refractivity contribution in [3.8, 4) is 0 Å². The summed E-state index contributed by atoms with van der Waals surface area (Å²) in [4.78, 5) is 24.3. The lowest BCUT2D eigenvalue weighted by Crippen LogP contribution is -2.28. The van der Waals surface area contributed by atoms with Crippen molar-refractivity contribution in [2.75, 3.05) is 12.3 Å². The first-order valence-electron chi connectivity index (χ1n) is 7.95. The lowest BCUT2D eigenvalue weighted by Gasteiger charge is -2.17. The molecule has 2 aromatic rings. The van der Waals surface area contributed by atoms with E-state index in [-0.39, 0.29) is 17.6 Å². The van der Waals surface area contributed by atoms with Crippen molar-refractivity contribution in [2.24, 2.45) is 5.73 Å². The van der Waals surface area contributed by atoms with Crippen LogP contribution in [-0.4, -0.2) is 24.1 Å². The zero-order valence-corrected chi connectivity index (χ0v) is 14.5. The maximum absolute atomic E-state index is 12.5. The van der Waals surface area contributed by atoms with Crippen LogP contribution in [0.25, 0.3) is 0 Å². The first-order chi connectivity index (χ1) is 11.6. The molecule has 1 atom stereocenters. The minimum Gasteiger partial charge on any atom is -0.369 e. The maximum atomic E-state index is 12.5. The van der Waals surface area contributed by atoms with E-state index in [9.17, 15) is 9.59 Å². The van der Waals surface area contributed by atoms with E-state index >= 15 is 0 Å². The van der Waals surface area contributed by atoms with Crippen LogP contribution in [0.15, 0.2) is 59.5 Å². The highest BCUT2D eigenvalue weighted by Gasteiger charge is 2.15. The molecule has 0 radical (unpaired) electrons. The zero-order chi connectivity index (χ0) is 17.4. The lowest BCUT2D eigenvalue weighted by molar-refractivity contribution is -0.115. The minimum atomic E-state index is -0.398. The standard InChI is InChI=1S/C19H22N2O2S/c1-2-14(15-8-4-3-5-9-15)12-21-19(23)16-10-6-7-11-17(16)24-13-18(20)22/h3-11,14H,2,12-13H2,1H3,(H2,20,22)(H,21,23). The summed E-state index contributed by atoms with van der Waals surface area (Å²) >= 11 is 1.28. The average molecular weight is 342 g/mol. The molecular weight excluding hydrogens is 320 g/mol. The first kappa shape index (κ1) is 18.1. The van der Waals surface area contributed by atoms with Crippen molar-refractivity contribution in [2.45, 2.75) is 24.2 Å². The number of rotatable bonds is 8. The fourth-order valence-electron chi connectivity index (χ4n) is 2.46. The average Bonchev–Trinajstić information content (AvgIpc) is 2.61. The van der Waals surface area contributed by atoms with Gasteiger partial charge in [-0.1, -0.05) is 49.4 Å². The third-order valence-corrected chi connectivity index (χ3v) is 4.87. The number of carbonyl (C=O) groups excluding carboxylic acids is 2. The second-order valence-electron chi connectivity index (χ2n) is 5.48. The number of nitrogens with two attached hydrogens (primary N) is 1. The van der Waals surface area contributed by atoms with Crippen LogP contribution in [0.1, 0.15) is 35.2 Å². The van der Waals surface area contributed by atoms with Gasteiger partial charge >= 0.3 is 0 Å². The van der Waals surface area contributed by atoms with Crippen LogP contribution in [0, 0.1) is 0 Å². The monoisotopic (exact) mass is 342 g/mol. The van der Waals surface area contributed by atoms with E-state index in [1.165, 1.54) is 17.3 Å². The van der Waals surface area contributed by atoms with Crippen molar-refractivity contribution in [3.63, 3.8) is 0 Å². The number of thioether (sulfide) groups is 1. The normalized spacial score (nSPS) is 11.7. The van der Waals surface area contributed by atoms with E-state index in [1.807, 2.05) is 36.4 Å². The van der Waals surface area contributed by atoms with Gasteiger partial charge in [0.15, 0.2) is 0 Å². The quantitative estimate of drug-likeness (QED) is 0.724. The molecule has 24 heavy (non-hydrogen) atoms. The van der Waals surface area contributed by atoms with Gasteiger partial charge in [-0.05, 0) is 24.1 Å². The summed E-state index contributed by atoms with van der Waals surface area (Å²) in [6.45, 7) is 2.69. The highest BCUT2D eigenvalue weighted by atomic mass is 32.2. The molecule has 0 fully saturated rings. The molecule has 0 aliphatic heterocycles. The van der Waals surface area contributed by atoms with Crippen molar-refractivity contribution in [1.82, 2.24) is 5.32 Å². The molecule has 0 aliphatic carbocycles. The largest absolute Gasteiger partial charge is 0.369 e. The number of carbonyl (C=O) groups is 2. The van der Waals surface area contributed by atoms with Gasteiger partial charge in [-0.2, -0.15) is 0 Å². The Morgan fingerprint density at radius 2 is 1.75 bits per heavy atom. The van der Waals surface area contributed by atoms with Gasteiger partial charge in [-0.15, -0.1) is 11.8 Å². The second kappa shape index (κ2) is 9.13. The number of benzene rings is 2. The van der Waals surface area contributed by atoms with E-state index in [0.29, 0.717) is 12.1 Å². The smallest absolute Gasteiger partial charge is 0.252 e. The maximum Gasteiger partial charge on any atom is 0.252 e. The summed E-state index contributed by atoms with van der Waals surface area (Å²) < 4.78 is 0. The summed E-state index contributed by atoms with van der Waals surface area (Å²) in [5.74, 6) is -0.0887. The highest BCUT2D eigenvalue weighted by Crippen LogP contribution is 2.23. The highest BCUT2D eigenvalue weighted by molar-refractivity contribution is 8.00. The van der Waals surface area contributed by atoms with Crippen LogP contribution in [-0.2, 0) is 4.79 Å². The molecule has 2 rings (SSSR count). The van der Waals surface area contributed by atoms with Gasteiger partial charge in [0.2, 0.25) is 5.91 Å². The van der Waals surface area contributed by atoms with E-state index < -0.39 is 5.91 Å². The van der Waals surface area contributed by atoms with Gasteiger partial charge in [0.1, 0.15) is 0 Å². The van der Waals surface area contributed by atoms with Gasteiger partial charge in [0.25, 0.3) is 5.91 Å². The second-order valence-corrected chi connectivity index (χ2v) is 6.49. The summed E-state index contributed by atoms with van der Waals surface area (Å²) in [6, 6.07) is 17.4. The molecule has 2 amide bonds. The van der Waals surface area contributed by atoms with Crippen molar-refractivity contribution < 1.29 is 9.59 Å². The third-order valence-electron chi connectivity index (χ3n) is 3.77. The predicted molar refractivity (Wildman–Crippen MR) is 98.2 cm³/mol. The van der Waals surface area contributed by atoms with Gasteiger partial charge in [0, 0.05) is 17.4 Å². The Morgan fingerprint density at radius 1 is 1.08 bits per heavy atom. The van der Waals surface area contributed by atoms with E-state index in [0.717, 1.165) is 11.3 Å². The summed E-state index contributed by atoms with van der Waals surface area (Å²) in [7, 11) is 0. The predicted octanol–water partition coefficient (Wildman–Crippen LogP) is 3.19. The molecule has 0 saturated carbocycles. The molecule has 0 aliphatic rings. The topological polar surface area (TPSA) is 72.2 Å². The van der Waals surface area contributed by atoms with E-state index in [4.69, 9.17) is 5.73 Å². The third kappa shape index (κ3) is 5.13. The van der Waals surface area contributed by atoms with Crippen molar-refractivity contribution >= 4 is 23.6 Å². The first-order valence-corrected chi connectivity index (χ1v) is 8.93. The van der Waals surface area contributed by atoms with Crippen LogP contribution >= 0.6 is 11.8 Å². The Kier molecular flexibility index (Phi) is 6.88. The van der Waals surface area contributed by atoms with Gasteiger partial charge < -0.3 is 11.1 Å². The molecule has 0 spiro atoms. The van der Waals surface area contributed by atoms with E-state index in [1.54, 1.807) is 6.07 Å². The van der Waals surface area contributed by atoms with Gasteiger partial charge in [-0.3, -0.25) is 9.59 Å². The Morgan fingerprint density at radius 3 is 2.42 bits per heavy atom. The molecule has 0 aromatic heterocycles. The summed E-state index contributed by atoms with van der Waals surface area (Å²) in [5.41, 5.74) is 6.98. The molecule has 0 saturated heterocycles. The summed E-state index contributed by atoms with van der Waals surface area (Å²) in [6.07, 6.45) is 0.947. The van der Waals surface area contributed by atoms with Crippen molar-refractivity contribution in [1.29, 1.82) is 0 Å². The Bertz CT molecular complexity index is 689. The Balaban J connectivity index is 2.03. The molecule has 1 unspecified atom stereocenters. The fraction of sp³-hybridized carbons (Fsp3) is 0.263. The SMILES string of the molecule is CCC(CNC(=O)c1ccccc1SCC(N)=O)c1ccccc1. The van der Waals surface area contributed by atoms with Gasteiger partial charge in [0.05, 0.1) is 11.3 Å². The number of hydrogen-bond donors (Lipinski definition) is 2. The Hall–Kier alpha value is -2.27. The van der Waals surface area contributed by atoms with E-state index in [2.05, 4.69) is 24.4 Å². The zero-order valence-electron chi connectivity index (χ0n) is 13.7.